The largest absolute Gasteiger partial charge is 0.422 e. The van der Waals surface area contributed by atoms with Crippen LogP contribution in [-0.2, 0) is 16.0 Å². The van der Waals surface area contributed by atoms with Crippen LogP contribution in [-0.4, -0.2) is 11.9 Å². The van der Waals surface area contributed by atoms with Crippen LogP contribution in [0, 0.1) is 0 Å². The van der Waals surface area contributed by atoms with Gasteiger partial charge < -0.3 is 9.47 Å². The molecule has 2 rings (SSSR count). The molecule has 1 aromatic carbocycles. The molecule has 0 aromatic heterocycles. The lowest BCUT2D eigenvalue weighted by Gasteiger charge is -2.05. The second kappa shape index (κ2) is 3.57. The van der Waals surface area contributed by atoms with Crippen LogP contribution in [0.25, 0.3) is 0 Å². The Morgan fingerprint density at radius 2 is 2.33 bits per heavy atom. The molecular weight excluding hydrogens is 196 g/mol. The standard InChI is InChI=1S/C11H8O4/c1-2-9(12)14-8-5-3-4-7-6-10(13)15-11(7)8/h2-5H,1,6H2. The molecule has 0 radical (unpaired) electrons. The van der Waals surface area contributed by atoms with Gasteiger partial charge in [0.1, 0.15) is 0 Å². The molecule has 1 heterocycles. The number of rotatable bonds is 2. The second-order valence-electron chi connectivity index (χ2n) is 3.02. The first-order valence-electron chi connectivity index (χ1n) is 4.37. The predicted octanol–water partition coefficient (Wildman–Crippen LogP) is 1.24. The smallest absolute Gasteiger partial charge is 0.335 e. The van der Waals surface area contributed by atoms with Crippen molar-refractivity contribution >= 4 is 11.9 Å². The summed E-state index contributed by atoms with van der Waals surface area (Å²) in [5.74, 6) is -0.334. The van der Waals surface area contributed by atoms with Gasteiger partial charge in [-0.2, -0.15) is 0 Å². The van der Waals surface area contributed by atoms with Crippen molar-refractivity contribution in [3.8, 4) is 11.5 Å². The van der Waals surface area contributed by atoms with Crippen LogP contribution in [0.4, 0.5) is 0 Å². The average Bonchev–Trinajstić information content (AvgIpc) is 2.59. The van der Waals surface area contributed by atoms with Gasteiger partial charge in [0.2, 0.25) is 0 Å². The maximum atomic E-state index is 11.0. The molecule has 0 unspecified atom stereocenters. The zero-order chi connectivity index (χ0) is 10.8. The topological polar surface area (TPSA) is 52.6 Å². The van der Waals surface area contributed by atoms with E-state index in [9.17, 15) is 9.59 Å². The van der Waals surface area contributed by atoms with E-state index in [2.05, 4.69) is 6.58 Å². The van der Waals surface area contributed by atoms with Crippen molar-refractivity contribution in [2.45, 2.75) is 6.42 Å². The number of esters is 2. The summed E-state index contributed by atoms with van der Waals surface area (Å²) in [5.41, 5.74) is 0.731. The number of carbonyl (C=O) groups excluding carboxylic acids is 2. The lowest BCUT2D eigenvalue weighted by atomic mass is 10.1. The summed E-state index contributed by atoms with van der Waals surface area (Å²) in [4.78, 5) is 22.0. The summed E-state index contributed by atoms with van der Waals surface area (Å²) in [5, 5.41) is 0. The lowest BCUT2D eigenvalue weighted by Crippen LogP contribution is -2.05. The summed E-state index contributed by atoms with van der Waals surface area (Å²) >= 11 is 0. The molecule has 0 aliphatic carbocycles. The maximum absolute atomic E-state index is 11.0. The molecule has 4 heteroatoms. The Balaban J connectivity index is 2.34. The predicted molar refractivity (Wildman–Crippen MR) is 51.6 cm³/mol. The molecule has 1 aliphatic rings. The fraction of sp³-hybridized carbons (Fsp3) is 0.0909. The molecule has 0 atom stereocenters. The molecule has 0 saturated carbocycles. The summed E-state index contributed by atoms with van der Waals surface area (Å²) in [6, 6.07) is 5.02. The van der Waals surface area contributed by atoms with Crippen LogP contribution in [0.5, 0.6) is 11.5 Å². The van der Waals surface area contributed by atoms with E-state index < -0.39 is 5.97 Å². The van der Waals surface area contributed by atoms with Gasteiger partial charge in [-0.15, -0.1) is 0 Å². The van der Waals surface area contributed by atoms with Crippen LogP contribution in [0.3, 0.4) is 0 Å². The van der Waals surface area contributed by atoms with Crippen LogP contribution in [0.1, 0.15) is 5.56 Å². The monoisotopic (exact) mass is 204 g/mol. The molecule has 0 N–H and O–H groups in total. The van der Waals surface area contributed by atoms with Crippen LogP contribution in [0.2, 0.25) is 0 Å². The number of para-hydroxylation sites is 1. The molecule has 0 fully saturated rings. The molecule has 15 heavy (non-hydrogen) atoms. The molecule has 76 valence electrons. The minimum Gasteiger partial charge on any atom is -0.422 e. The lowest BCUT2D eigenvalue weighted by molar-refractivity contribution is -0.133. The zero-order valence-corrected chi connectivity index (χ0v) is 7.86. The molecular formula is C11H8O4. The Kier molecular flexibility index (Phi) is 2.25. The van der Waals surface area contributed by atoms with E-state index in [1.54, 1.807) is 18.2 Å². The Labute approximate surface area is 86.1 Å². The van der Waals surface area contributed by atoms with Crippen molar-refractivity contribution in [2.24, 2.45) is 0 Å². The van der Waals surface area contributed by atoms with E-state index in [4.69, 9.17) is 9.47 Å². The quantitative estimate of drug-likeness (QED) is 0.413. The first-order valence-corrected chi connectivity index (χ1v) is 4.37. The van der Waals surface area contributed by atoms with Crippen molar-refractivity contribution in [1.82, 2.24) is 0 Å². The third kappa shape index (κ3) is 1.74. The maximum Gasteiger partial charge on any atom is 0.335 e. The van der Waals surface area contributed by atoms with Gasteiger partial charge in [0, 0.05) is 11.6 Å². The third-order valence-corrected chi connectivity index (χ3v) is 1.99. The minimum absolute atomic E-state index is 0.217. The van der Waals surface area contributed by atoms with E-state index in [1.165, 1.54) is 0 Å². The van der Waals surface area contributed by atoms with Gasteiger partial charge >= 0.3 is 11.9 Å². The summed E-state index contributed by atoms with van der Waals surface area (Å²) in [6.07, 6.45) is 1.27. The fourth-order valence-corrected chi connectivity index (χ4v) is 1.35. The van der Waals surface area contributed by atoms with Gasteiger partial charge in [-0.25, -0.2) is 4.79 Å². The van der Waals surface area contributed by atoms with Crippen molar-refractivity contribution in [2.75, 3.05) is 0 Å². The van der Waals surface area contributed by atoms with Crippen molar-refractivity contribution in [3.63, 3.8) is 0 Å². The van der Waals surface area contributed by atoms with Crippen LogP contribution in [0.15, 0.2) is 30.9 Å². The fourth-order valence-electron chi connectivity index (χ4n) is 1.35. The Morgan fingerprint density at radius 1 is 1.53 bits per heavy atom. The van der Waals surface area contributed by atoms with E-state index in [-0.39, 0.29) is 18.1 Å². The Morgan fingerprint density at radius 3 is 3.07 bits per heavy atom. The molecule has 1 aliphatic heterocycles. The first-order chi connectivity index (χ1) is 7.20. The number of fused-ring (bicyclic) bond motifs is 1. The van der Waals surface area contributed by atoms with E-state index in [1.807, 2.05) is 0 Å². The molecule has 0 bridgehead atoms. The van der Waals surface area contributed by atoms with Gasteiger partial charge in [-0.1, -0.05) is 18.7 Å². The number of hydrogen-bond donors (Lipinski definition) is 0. The highest BCUT2D eigenvalue weighted by Crippen LogP contribution is 2.35. The molecule has 0 saturated heterocycles. The van der Waals surface area contributed by atoms with Gasteiger partial charge in [-0.05, 0) is 6.07 Å². The van der Waals surface area contributed by atoms with Gasteiger partial charge in [-0.3, -0.25) is 4.79 Å². The van der Waals surface area contributed by atoms with Gasteiger partial charge in [0.25, 0.3) is 0 Å². The van der Waals surface area contributed by atoms with Gasteiger partial charge in [0.15, 0.2) is 11.5 Å². The highest BCUT2D eigenvalue weighted by atomic mass is 16.6. The van der Waals surface area contributed by atoms with E-state index >= 15 is 0 Å². The SMILES string of the molecule is C=CC(=O)Oc1cccc2c1OC(=O)C2. The zero-order valence-electron chi connectivity index (χ0n) is 7.86. The number of carbonyl (C=O) groups is 2. The summed E-state index contributed by atoms with van der Waals surface area (Å²) < 4.78 is 9.85. The summed E-state index contributed by atoms with van der Waals surface area (Å²) in [6.45, 7) is 3.28. The second-order valence-corrected chi connectivity index (χ2v) is 3.02. The third-order valence-electron chi connectivity index (χ3n) is 1.99. The highest BCUT2D eigenvalue weighted by Gasteiger charge is 2.24. The summed E-state index contributed by atoms with van der Waals surface area (Å²) in [7, 11) is 0. The van der Waals surface area contributed by atoms with Crippen molar-refractivity contribution in [3.05, 3.63) is 36.4 Å². The van der Waals surface area contributed by atoms with Crippen LogP contribution >= 0.6 is 0 Å². The van der Waals surface area contributed by atoms with Crippen molar-refractivity contribution in [1.29, 1.82) is 0 Å². The number of hydrogen-bond acceptors (Lipinski definition) is 4. The molecule has 0 amide bonds. The molecule has 1 aromatic rings. The average molecular weight is 204 g/mol. The van der Waals surface area contributed by atoms with E-state index in [0.29, 0.717) is 5.75 Å². The number of benzene rings is 1. The highest BCUT2D eigenvalue weighted by molar-refractivity contribution is 5.86. The van der Waals surface area contributed by atoms with Gasteiger partial charge in [0.05, 0.1) is 6.42 Å². The van der Waals surface area contributed by atoms with Crippen LogP contribution < -0.4 is 9.47 Å². The Hall–Kier alpha value is -2.10. The van der Waals surface area contributed by atoms with Crippen molar-refractivity contribution < 1.29 is 19.1 Å². The minimum atomic E-state index is -0.577. The molecule has 4 nitrogen and oxygen atoms in total. The Bertz CT molecular complexity index is 448. The first kappa shape index (κ1) is 9.45. The van der Waals surface area contributed by atoms with E-state index in [0.717, 1.165) is 11.6 Å². The number of ether oxygens (including phenoxy) is 2. The molecule has 0 spiro atoms. The normalized spacial score (nSPS) is 12.9.